The van der Waals surface area contributed by atoms with Gasteiger partial charge in [0.1, 0.15) is 11.8 Å². The fourth-order valence-electron chi connectivity index (χ4n) is 1.65. The fourth-order valence-corrected chi connectivity index (χ4v) is 1.65. The first kappa shape index (κ1) is 13.3. The number of carbonyl (C=O) groups is 1. The molecule has 0 aliphatic carbocycles. The highest BCUT2D eigenvalue weighted by atomic mass is 19.3. The summed E-state index contributed by atoms with van der Waals surface area (Å²) in [4.78, 5) is 11.3. The predicted molar refractivity (Wildman–Crippen MR) is 54.9 cm³/mol. The van der Waals surface area contributed by atoms with Gasteiger partial charge in [0.05, 0.1) is 6.61 Å². The molecule has 1 saturated heterocycles. The Morgan fingerprint density at radius 2 is 2.19 bits per heavy atom. The average molecular weight is 236 g/mol. The van der Waals surface area contributed by atoms with E-state index in [1.807, 2.05) is 20.8 Å². The number of primary amides is 1. The molecule has 0 spiro atoms. The summed E-state index contributed by atoms with van der Waals surface area (Å²) in [6.45, 7) is 5.58. The van der Waals surface area contributed by atoms with E-state index in [1.54, 1.807) is 0 Å². The molecule has 0 radical (unpaired) electrons. The molecular formula is C10H18F2N2O2. The Hall–Kier alpha value is -0.750. The molecule has 2 atom stereocenters. The summed E-state index contributed by atoms with van der Waals surface area (Å²) in [5.74, 6) is -0.792. The second kappa shape index (κ2) is 4.25. The zero-order valence-corrected chi connectivity index (χ0v) is 9.72. The normalized spacial score (nSPS) is 31.0. The quantitative estimate of drug-likeness (QED) is 0.763. The molecule has 0 aromatic heterocycles. The van der Waals surface area contributed by atoms with Gasteiger partial charge in [-0.1, -0.05) is 20.8 Å². The summed E-state index contributed by atoms with van der Waals surface area (Å²) in [7, 11) is 0. The van der Waals surface area contributed by atoms with Crippen molar-refractivity contribution in [2.24, 2.45) is 11.1 Å². The summed E-state index contributed by atoms with van der Waals surface area (Å²) >= 11 is 0. The molecule has 6 heteroatoms. The highest BCUT2D eigenvalue weighted by Gasteiger charge is 2.49. The van der Waals surface area contributed by atoms with Gasteiger partial charge in [0.2, 0.25) is 12.3 Å². The van der Waals surface area contributed by atoms with Gasteiger partial charge in [-0.2, -0.15) is 0 Å². The third kappa shape index (κ3) is 2.68. The van der Waals surface area contributed by atoms with Gasteiger partial charge in [0, 0.05) is 11.8 Å². The summed E-state index contributed by atoms with van der Waals surface area (Å²) in [6.07, 6.45) is -3.66. The van der Waals surface area contributed by atoms with Crippen molar-refractivity contribution in [2.45, 2.75) is 45.4 Å². The van der Waals surface area contributed by atoms with Crippen LogP contribution in [0.3, 0.4) is 0 Å². The van der Waals surface area contributed by atoms with Crippen molar-refractivity contribution in [3.63, 3.8) is 0 Å². The summed E-state index contributed by atoms with van der Waals surface area (Å²) in [6, 6.07) is 0. The summed E-state index contributed by atoms with van der Waals surface area (Å²) in [5, 5.41) is 2.80. The highest BCUT2D eigenvalue weighted by molar-refractivity contribution is 5.85. The van der Waals surface area contributed by atoms with Crippen LogP contribution in [0.2, 0.25) is 0 Å². The first-order valence-corrected chi connectivity index (χ1v) is 5.15. The third-order valence-corrected chi connectivity index (χ3v) is 2.66. The molecule has 1 fully saturated rings. The van der Waals surface area contributed by atoms with Crippen LogP contribution in [0.15, 0.2) is 0 Å². The monoisotopic (exact) mass is 236 g/mol. The molecule has 16 heavy (non-hydrogen) atoms. The van der Waals surface area contributed by atoms with Gasteiger partial charge < -0.3 is 10.5 Å². The summed E-state index contributed by atoms with van der Waals surface area (Å²) in [5.41, 5.74) is 3.45. The van der Waals surface area contributed by atoms with Crippen LogP contribution in [-0.2, 0) is 9.53 Å². The Balaban J connectivity index is 2.81. The minimum absolute atomic E-state index is 0.103. The number of hydrogen-bond donors (Lipinski definition) is 2. The maximum absolute atomic E-state index is 12.4. The molecule has 1 aliphatic rings. The van der Waals surface area contributed by atoms with E-state index in [9.17, 15) is 13.6 Å². The number of nitrogens with two attached hydrogens (primary N) is 1. The van der Waals surface area contributed by atoms with Crippen molar-refractivity contribution in [2.75, 3.05) is 6.61 Å². The van der Waals surface area contributed by atoms with Crippen LogP contribution in [0.5, 0.6) is 0 Å². The molecule has 1 heterocycles. The lowest BCUT2D eigenvalue weighted by atomic mass is 9.91. The Kier molecular flexibility index (Phi) is 3.54. The Morgan fingerprint density at radius 1 is 1.62 bits per heavy atom. The smallest absolute Gasteiger partial charge is 0.241 e. The molecule has 3 N–H and O–H groups in total. The fraction of sp³-hybridized carbons (Fsp3) is 0.900. The van der Waals surface area contributed by atoms with Gasteiger partial charge in [-0.25, -0.2) is 8.78 Å². The maximum Gasteiger partial charge on any atom is 0.241 e. The molecule has 94 valence electrons. The first-order valence-electron chi connectivity index (χ1n) is 5.15. The largest absolute Gasteiger partial charge is 0.368 e. The minimum atomic E-state index is -2.60. The molecule has 0 aromatic carbocycles. The number of amides is 1. The second-order valence-electron chi connectivity index (χ2n) is 5.24. The SMILES string of the molecule is CC(C)(C)C1NC(CC(F)F)(C(N)=O)CO1. The average Bonchev–Trinajstić information content (AvgIpc) is 2.47. The van der Waals surface area contributed by atoms with E-state index < -0.39 is 30.5 Å². The van der Waals surface area contributed by atoms with Crippen molar-refractivity contribution >= 4 is 5.91 Å². The summed E-state index contributed by atoms with van der Waals surface area (Å²) < 4.78 is 30.2. The lowest BCUT2D eigenvalue weighted by Crippen LogP contribution is -2.57. The van der Waals surface area contributed by atoms with Gasteiger partial charge in [0.25, 0.3) is 0 Å². The van der Waals surface area contributed by atoms with E-state index in [-0.39, 0.29) is 12.0 Å². The van der Waals surface area contributed by atoms with E-state index in [0.29, 0.717) is 0 Å². The van der Waals surface area contributed by atoms with E-state index in [4.69, 9.17) is 10.5 Å². The molecule has 4 nitrogen and oxygen atoms in total. The van der Waals surface area contributed by atoms with E-state index >= 15 is 0 Å². The molecule has 1 rings (SSSR count). The number of halogens is 2. The van der Waals surface area contributed by atoms with Gasteiger partial charge in [-0.15, -0.1) is 0 Å². The second-order valence-corrected chi connectivity index (χ2v) is 5.24. The standard InChI is InChI=1S/C10H18F2N2O2/c1-9(2,3)8-14-10(5-16-8,7(13)15)4-6(11)12/h6,8,14H,4-5H2,1-3H3,(H2,13,15). The van der Waals surface area contributed by atoms with Crippen LogP contribution in [0.4, 0.5) is 8.78 Å². The number of ether oxygens (including phenoxy) is 1. The van der Waals surface area contributed by atoms with Crippen LogP contribution < -0.4 is 11.1 Å². The van der Waals surface area contributed by atoms with Crippen LogP contribution >= 0.6 is 0 Å². The Labute approximate surface area is 93.5 Å². The number of hydrogen-bond acceptors (Lipinski definition) is 3. The van der Waals surface area contributed by atoms with E-state index in [0.717, 1.165) is 0 Å². The lowest BCUT2D eigenvalue weighted by molar-refractivity contribution is -0.125. The zero-order chi connectivity index (χ0) is 12.6. The molecule has 0 saturated carbocycles. The number of carbonyl (C=O) groups excluding carboxylic acids is 1. The van der Waals surface area contributed by atoms with Crippen LogP contribution in [0.1, 0.15) is 27.2 Å². The number of nitrogens with one attached hydrogen (secondary N) is 1. The zero-order valence-electron chi connectivity index (χ0n) is 9.72. The predicted octanol–water partition coefficient (Wildman–Crippen LogP) is 0.858. The molecule has 0 bridgehead atoms. The van der Waals surface area contributed by atoms with Crippen molar-refractivity contribution in [1.29, 1.82) is 0 Å². The van der Waals surface area contributed by atoms with Gasteiger partial charge in [0.15, 0.2) is 0 Å². The minimum Gasteiger partial charge on any atom is -0.368 e. The maximum atomic E-state index is 12.4. The first-order chi connectivity index (χ1) is 7.17. The molecule has 2 unspecified atom stereocenters. The topological polar surface area (TPSA) is 64.3 Å². The third-order valence-electron chi connectivity index (χ3n) is 2.66. The highest BCUT2D eigenvalue weighted by Crippen LogP contribution is 2.31. The van der Waals surface area contributed by atoms with Crippen LogP contribution in [0, 0.1) is 5.41 Å². The number of alkyl halides is 2. The van der Waals surface area contributed by atoms with Crippen LogP contribution in [0.25, 0.3) is 0 Å². The Morgan fingerprint density at radius 3 is 2.50 bits per heavy atom. The van der Waals surface area contributed by atoms with Crippen LogP contribution in [-0.4, -0.2) is 30.7 Å². The van der Waals surface area contributed by atoms with E-state index in [2.05, 4.69) is 5.32 Å². The molecule has 1 aliphatic heterocycles. The molecule has 0 aromatic rings. The lowest BCUT2D eigenvalue weighted by Gasteiger charge is -2.29. The van der Waals surface area contributed by atoms with Crippen molar-refractivity contribution in [3.8, 4) is 0 Å². The van der Waals surface area contributed by atoms with Gasteiger partial charge in [-0.05, 0) is 0 Å². The Bertz CT molecular complexity index is 278. The van der Waals surface area contributed by atoms with Gasteiger partial charge in [-0.3, -0.25) is 10.1 Å². The van der Waals surface area contributed by atoms with Gasteiger partial charge >= 0.3 is 0 Å². The van der Waals surface area contributed by atoms with Crippen molar-refractivity contribution in [3.05, 3.63) is 0 Å². The van der Waals surface area contributed by atoms with E-state index in [1.165, 1.54) is 0 Å². The molecular weight excluding hydrogens is 218 g/mol. The van der Waals surface area contributed by atoms with Crippen molar-refractivity contribution in [1.82, 2.24) is 5.32 Å². The number of rotatable bonds is 3. The van der Waals surface area contributed by atoms with Crippen molar-refractivity contribution < 1.29 is 18.3 Å². The molecule has 1 amide bonds.